The molecule has 1 saturated carbocycles. The predicted octanol–water partition coefficient (Wildman–Crippen LogP) is 2.76. The van der Waals surface area contributed by atoms with Crippen LogP contribution in [0.2, 0.25) is 0 Å². The van der Waals surface area contributed by atoms with Crippen LogP contribution in [0.5, 0.6) is 0 Å². The average molecular weight is 345 g/mol. The van der Waals surface area contributed by atoms with Crippen LogP contribution in [0.3, 0.4) is 0 Å². The SMILES string of the molecule is NC(CC1CCCCC1)C(=O)Nc1ccc(CN2CCOCC2)cc1. The first-order valence-electron chi connectivity index (χ1n) is 9.66. The van der Waals surface area contributed by atoms with E-state index in [1.807, 2.05) is 12.1 Å². The molecule has 0 bridgehead atoms. The molecule has 138 valence electrons. The minimum atomic E-state index is -0.406. The molecular weight excluding hydrogens is 314 g/mol. The van der Waals surface area contributed by atoms with Crippen molar-refractivity contribution in [3.8, 4) is 0 Å². The molecule has 1 aliphatic heterocycles. The normalized spacial score (nSPS) is 21.0. The number of hydrogen-bond donors (Lipinski definition) is 2. The third-order valence-electron chi connectivity index (χ3n) is 5.38. The van der Waals surface area contributed by atoms with Crippen LogP contribution < -0.4 is 11.1 Å². The molecule has 0 spiro atoms. The van der Waals surface area contributed by atoms with E-state index in [9.17, 15) is 4.79 Å². The number of rotatable bonds is 6. The van der Waals surface area contributed by atoms with Crippen molar-refractivity contribution >= 4 is 11.6 Å². The van der Waals surface area contributed by atoms with E-state index in [1.165, 1.54) is 37.7 Å². The summed E-state index contributed by atoms with van der Waals surface area (Å²) in [7, 11) is 0. The quantitative estimate of drug-likeness (QED) is 0.832. The topological polar surface area (TPSA) is 67.6 Å². The summed E-state index contributed by atoms with van der Waals surface area (Å²) >= 11 is 0. The van der Waals surface area contributed by atoms with Crippen LogP contribution in [0.4, 0.5) is 5.69 Å². The molecule has 3 N–H and O–H groups in total. The summed E-state index contributed by atoms with van der Waals surface area (Å²) in [5.74, 6) is 0.553. The molecule has 1 unspecified atom stereocenters. The third-order valence-corrected chi connectivity index (χ3v) is 5.38. The number of hydrogen-bond acceptors (Lipinski definition) is 4. The maximum absolute atomic E-state index is 12.3. The Kier molecular flexibility index (Phi) is 6.84. The highest BCUT2D eigenvalue weighted by Crippen LogP contribution is 2.27. The fraction of sp³-hybridized carbons (Fsp3) is 0.650. The lowest BCUT2D eigenvalue weighted by molar-refractivity contribution is -0.117. The Morgan fingerprint density at radius 1 is 1.16 bits per heavy atom. The van der Waals surface area contributed by atoms with Gasteiger partial charge in [-0.25, -0.2) is 0 Å². The van der Waals surface area contributed by atoms with E-state index in [0.29, 0.717) is 5.92 Å². The molecule has 1 amide bonds. The molecular formula is C20H31N3O2. The summed E-state index contributed by atoms with van der Waals surface area (Å²) in [4.78, 5) is 14.7. The van der Waals surface area contributed by atoms with Crippen LogP contribution >= 0.6 is 0 Å². The molecule has 25 heavy (non-hydrogen) atoms. The maximum atomic E-state index is 12.3. The van der Waals surface area contributed by atoms with Gasteiger partial charge in [0.25, 0.3) is 0 Å². The largest absolute Gasteiger partial charge is 0.379 e. The Morgan fingerprint density at radius 2 is 1.84 bits per heavy atom. The van der Waals surface area contributed by atoms with Gasteiger partial charge < -0.3 is 15.8 Å². The van der Waals surface area contributed by atoms with Crippen LogP contribution in [0.25, 0.3) is 0 Å². The van der Waals surface area contributed by atoms with Crippen LogP contribution in [0, 0.1) is 5.92 Å². The van der Waals surface area contributed by atoms with Crippen molar-refractivity contribution in [2.75, 3.05) is 31.6 Å². The summed E-state index contributed by atoms with van der Waals surface area (Å²) in [6.07, 6.45) is 7.14. The number of amides is 1. The fourth-order valence-corrected chi connectivity index (χ4v) is 3.83. The van der Waals surface area contributed by atoms with Crippen molar-refractivity contribution < 1.29 is 9.53 Å². The molecule has 2 aliphatic rings. The highest BCUT2D eigenvalue weighted by atomic mass is 16.5. The van der Waals surface area contributed by atoms with Gasteiger partial charge in [0.2, 0.25) is 5.91 Å². The first-order valence-corrected chi connectivity index (χ1v) is 9.66. The smallest absolute Gasteiger partial charge is 0.241 e. The fourth-order valence-electron chi connectivity index (χ4n) is 3.83. The van der Waals surface area contributed by atoms with Gasteiger partial charge in [0.05, 0.1) is 19.3 Å². The predicted molar refractivity (Wildman–Crippen MR) is 100 cm³/mol. The van der Waals surface area contributed by atoms with Gasteiger partial charge in [0.15, 0.2) is 0 Å². The number of benzene rings is 1. The molecule has 1 heterocycles. The minimum Gasteiger partial charge on any atom is -0.379 e. The molecule has 1 aromatic carbocycles. The van der Waals surface area contributed by atoms with Crippen LogP contribution in [0.1, 0.15) is 44.1 Å². The monoisotopic (exact) mass is 345 g/mol. The zero-order valence-electron chi connectivity index (χ0n) is 15.1. The lowest BCUT2D eigenvalue weighted by Gasteiger charge is -2.26. The van der Waals surface area contributed by atoms with Crippen molar-refractivity contribution in [3.05, 3.63) is 29.8 Å². The van der Waals surface area contributed by atoms with Gasteiger partial charge in [-0.05, 0) is 30.0 Å². The second kappa shape index (κ2) is 9.32. The van der Waals surface area contributed by atoms with Gasteiger partial charge in [-0.15, -0.1) is 0 Å². The van der Waals surface area contributed by atoms with E-state index in [0.717, 1.165) is 45.0 Å². The van der Waals surface area contributed by atoms with Gasteiger partial charge in [-0.1, -0.05) is 44.2 Å². The number of carbonyl (C=O) groups is 1. The summed E-state index contributed by atoms with van der Waals surface area (Å²) in [6, 6.07) is 7.70. The first kappa shape index (κ1) is 18.4. The second-order valence-corrected chi connectivity index (χ2v) is 7.42. The first-order chi connectivity index (χ1) is 12.2. The number of nitrogens with two attached hydrogens (primary N) is 1. The van der Waals surface area contributed by atoms with Crippen LogP contribution in [-0.2, 0) is 16.1 Å². The van der Waals surface area contributed by atoms with E-state index in [2.05, 4.69) is 22.3 Å². The van der Waals surface area contributed by atoms with Crippen molar-refractivity contribution in [1.29, 1.82) is 0 Å². The third kappa shape index (κ3) is 5.80. The molecule has 0 aromatic heterocycles. The maximum Gasteiger partial charge on any atom is 0.241 e. The van der Waals surface area contributed by atoms with Crippen molar-refractivity contribution in [2.24, 2.45) is 11.7 Å². The molecule has 5 heteroatoms. The van der Waals surface area contributed by atoms with E-state index >= 15 is 0 Å². The van der Waals surface area contributed by atoms with Crippen LogP contribution in [0.15, 0.2) is 24.3 Å². The van der Waals surface area contributed by atoms with Gasteiger partial charge in [-0.2, -0.15) is 0 Å². The Bertz CT molecular complexity index is 534. The zero-order chi connectivity index (χ0) is 17.5. The molecule has 1 aliphatic carbocycles. The number of carbonyl (C=O) groups excluding carboxylic acids is 1. The Hall–Kier alpha value is -1.43. The van der Waals surface area contributed by atoms with E-state index in [1.54, 1.807) is 0 Å². The average Bonchev–Trinajstić information content (AvgIpc) is 2.65. The van der Waals surface area contributed by atoms with Gasteiger partial charge in [0.1, 0.15) is 0 Å². The summed E-state index contributed by atoms with van der Waals surface area (Å²) in [5, 5.41) is 2.96. The number of ether oxygens (including phenoxy) is 1. The highest BCUT2D eigenvalue weighted by molar-refractivity contribution is 5.94. The number of anilines is 1. The minimum absolute atomic E-state index is 0.0634. The van der Waals surface area contributed by atoms with Gasteiger partial charge >= 0.3 is 0 Å². The summed E-state index contributed by atoms with van der Waals surface area (Å²) in [6.45, 7) is 4.52. The molecule has 5 nitrogen and oxygen atoms in total. The van der Waals surface area contributed by atoms with E-state index in [-0.39, 0.29) is 5.91 Å². The standard InChI is InChI=1S/C20H31N3O2/c21-19(14-16-4-2-1-3-5-16)20(24)22-18-8-6-17(7-9-18)15-23-10-12-25-13-11-23/h6-9,16,19H,1-5,10-15,21H2,(H,22,24). The lowest BCUT2D eigenvalue weighted by atomic mass is 9.85. The second-order valence-electron chi connectivity index (χ2n) is 7.42. The number of nitrogens with one attached hydrogen (secondary N) is 1. The highest BCUT2D eigenvalue weighted by Gasteiger charge is 2.21. The Labute approximate surface area is 150 Å². The summed E-state index contributed by atoms with van der Waals surface area (Å²) in [5.41, 5.74) is 8.20. The van der Waals surface area contributed by atoms with E-state index < -0.39 is 6.04 Å². The molecule has 2 fully saturated rings. The zero-order valence-corrected chi connectivity index (χ0v) is 15.1. The molecule has 1 saturated heterocycles. The van der Waals surface area contributed by atoms with Gasteiger partial charge in [-0.3, -0.25) is 9.69 Å². The number of morpholine rings is 1. The van der Waals surface area contributed by atoms with Crippen molar-refractivity contribution in [2.45, 2.75) is 51.1 Å². The van der Waals surface area contributed by atoms with Gasteiger partial charge in [0, 0.05) is 25.3 Å². The Morgan fingerprint density at radius 3 is 2.52 bits per heavy atom. The summed E-state index contributed by atoms with van der Waals surface area (Å²) < 4.78 is 5.38. The van der Waals surface area contributed by atoms with E-state index in [4.69, 9.17) is 10.5 Å². The van der Waals surface area contributed by atoms with Crippen LogP contribution in [-0.4, -0.2) is 43.2 Å². The Balaban J connectivity index is 1.45. The molecule has 1 aromatic rings. The lowest BCUT2D eigenvalue weighted by Crippen LogP contribution is -2.37. The molecule has 0 radical (unpaired) electrons. The number of nitrogens with zero attached hydrogens (tertiary/aromatic N) is 1. The van der Waals surface area contributed by atoms with Crippen molar-refractivity contribution in [1.82, 2.24) is 4.90 Å². The van der Waals surface area contributed by atoms with Crippen molar-refractivity contribution in [3.63, 3.8) is 0 Å². The molecule has 3 rings (SSSR count). The molecule has 1 atom stereocenters.